The molecule has 1 aromatic heterocycles. The van der Waals surface area contributed by atoms with Crippen LogP contribution < -0.4 is 5.32 Å². The van der Waals surface area contributed by atoms with Gasteiger partial charge in [-0.05, 0) is 13.3 Å². The first-order chi connectivity index (χ1) is 5.74. The van der Waals surface area contributed by atoms with Crippen LogP contribution in [0.5, 0.6) is 0 Å². The minimum Gasteiger partial charge on any atom is -0.337 e. The lowest BCUT2D eigenvalue weighted by Gasteiger charge is -2.10. The van der Waals surface area contributed by atoms with Gasteiger partial charge >= 0.3 is 0 Å². The molecule has 1 aromatic rings. The predicted octanol–water partition coefficient (Wildman–Crippen LogP) is 1.31. The van der Waals surface area contributed by atoms with Crippen LogP contribution in [0, 0.1) is 0 Å². The van der Waals surface area contributed by atoms with Gasteiger partial charge in [-0.2, -0.15) is 0 Å². The molecular formula is C9H17N3. The first kappa shape index (κ1) is 9.26. The molecule has 0 aliphatic rings. The molecule has 0 amide bonds. The van der Waals surface area contributed by atoms with Gasteiger partial charge in [-0.1, -0.05) is 6.92 Å². The molecule has 0 spiro atoms. The molecule has 0 fully saturated rings. The van der Waals surface area contributed by atoms with E-state index >= 15 is 0 Å². The summed E-state index contributed by atoms with van der Waals surface area (Å²) in [7, 11) is 2.01. The van der Waals surface area contributed by atoms with Crippen molar-refractivity contribution in [2.75, 3.05) is 0 Å². The average Bonchev–Trinajstić information content (AvgIpc) is 2.47. The van der Waals surface area contributed by atoms with Crippen LogP contribution in [0.4, 0.5) is 0 Å². The molecule has 0 saturated carbocycles. The Morgan fingerprint density at radius 2 is 2.42 bits per heavy atom. The first-order valence-electron chi connectivity index (χ1n) is 4.42. The van der Waals surface area contributed by atoms with Crippen molar-refractivity contribution in [1.82, 2.24) is 14.9 Å². The molecule has 0 radical (unpaired) electrons. The minimum absolute atomic E-state index is 0.583. The molecule has 0 aromatic carbocycles. The Bertz CT molecular complexity index is 229. The van der Waals surface area contributed by atoms with Crippen molar-refractivity contribution in [3.63, 3.8) is 0 Å². The Kier molecular flexibility index (Phi) is 3.29. The quantitative estimate of drug-likeness (QED) is 0.732. The number of aromatic nitrogens is 2. The van der Waals surface area contributed by atoms with E-state index in [9.17, 15) is 0 Å². The summed E-state index contributed by atoms with van der Waals surface area (Å²) in [5.41, 5.74) is 1.23. The molecule has 3 heteroatoms. The van der Waals surface area contributed by atoms with Crippen LogP contribution >= 0.6 is 0 Å². The number of aryl methyl sites for hydroxylation is 1. The fourth-order valence-electron chi connectivity index (χ4n) is 0.978. The van der Waals surface area contributed by atoms with Crippen LogP contribution in [0.1, 0.15) is 26.0 Å². The van der Waals surface area contributed by atoms with Crippen molar-refractivity contribution in [1.29, 1.82) is 0 Å². The summed E-state index contributed by atoms with van der Waals surface area (Å²) in [5, 5.41) is 3.41. The van der Waals surface area contributed by atoms with Gasteiger partial charge in [-0.15, -0.1) is 0 Å². The van der Waals surface area contributed by atoms with Gasteiger partial charge in [0.1, 0.15) is 0 Å². The lowest BCUT2D eigenvalue weighted by atomic mass is 10.2. The Hall–Kier alpha value is -0.830. The maximum Gasteiger partial charge on any atom is 0.0945 e. The third-order valence-electron chi connectivity index (χ3n) is 2.16. The zero-order valence-electron chi connectivity index (χ0n) is 8.04. The normalized spacial score (nSPS) is 13.2. The number of hydrogen-bond donors (Lipinski definition) is 1. The SMILES string of the molecule is CCC(C)NCc1cncn1C. The summed E-state index contributed by atoms with van der Waals surface area (Å²) in [6, 6.07) is 0.583. The van der Waals surface area contributed by atoms with Crippen LogP contribution in [0.25, 0.3) is 0 Å². The maximum atomic E-state index is 4.05. The molecule has 1 unspecified atom stereocenters. The number of nitrogens with zero attached hydrogens (tertiary/aromatic N) is 2. The van der Waals surface area contributed by atoms with E-state index in [1.54, 1.807) is 0 Å². The van der Waals surface area contributed by atoms with E-state index in [1.807, 2.05) is 24.1 Å². The zero-order valence-corrected chi connectivity index (χ0v) is 8.04. The Morgan fingerprint density at radius 1 is 1.67 bits per heavy atom. The molecule has 0 bridgehead atoms. The standard InChI is InChI=1S/C9H17N3/c1-4-8(2)11-6-9-5-10-7-12(9)3/h5,7-8,11H,4,6H2,1-3H3. The van der Waals surface area contributed by atoms with Gasteiger partial charge < -0.3 is 9.88 Å². The fraction of sp³-hybridized carbons (Fsp3) is 0.667. The van der Waals surface area contributed by atoms with Crippen LogP contribution in [-0.2, 0) is 13.6 Å². The fourth-order valence-corrected chi connectivity index (χ4v) is 0.978. The molecule has 12 heavy (non-hydrogen) atoms. The molecule has 0 aliphatic heterocycles. The van der Waals surface area contributed by atoms with Gasteiger partial charge in [0.25, 0.3) is 0 Å². The number of hydrogen-bond acceptors (Lipinski definition) is 2. The largest absolute Gasteiger partial charge is 0.337 e. The molecule has 0 aliphatic carbocycles. The van der Waals surface area contributed by atoms with Gasteiger partial charge in [0.15, 0.2) is 0 Å². The second-order valence-electron chi connectivity index (χ2n) is 3.19. The molecule has 68 valence electrons. The van der Waals surface area contributed by atoms with Crippen LogP contribution in [-0.4, -0.2) is 15.6 Å². The third kappa shape index (κ3) is 2.34. The van der Waals surface area contributed by atoms with Gasteiger partial charge in [0.2, 0.25) is 0 Å². The summed E-state index contributed by atoms with van der Waals surface area (Å²) < 4.78 is 2.04. The van der Waals surface area contributed by atoms with Crippen molar-refractivity contribution < 1.29 is 0 Å². The van der Waals surface area contributed by atoms with Crippen molar-refractivity contribution in [2.24, 2.45) is 7.05 Å². The molecule has 0 saturated heterocycles. The second kappa shape index (κ2) is 4.26. The summed E-state index contributed by atoms with van der Waals surface area (Å²) in [4.78, 5) is 4.05. The predicted molar refractivity (Wildman–Crippen MR) is 49.8 cm³/mol. The van der Waals surface area contributed by atoms with Crippen molar-refractivity contribution >= 4 is 0 Å². The van der Waals surface area contributed by atoms with Gasteiger partial charge in [0.05, 0.1) is 12.0 Å². The monoisotopic (exact) mass is 167 g/mol. The van der Waals surface area contributed by atoms with E-state index in [2.05, 4.69) is 24.1 Å². The Labute approximate surface area is 73.8 Å². The van der Waals surface area contributed by atoms with E-state index in [0.29, 0.717) is 6.04 Å². The highest BCUT2D eigenvalue weighted by atomic mass is 15.0. The molecule has 3 nitrogen and oxygen atoms in total. The summed E-state index contributed by atoms with van der Waals surface area (Å²) >= 11 is 0. The molecule has 1 atom stereocenters. The summed E-state index contributed by atoms with van der Waals surface area (Å²) in [6.07, 6.45) is 4.89. The maximum absolute atomic E-state index is 4.05. The van der Waals surface area contributed by atoms with E-state index in [4.69, 9.17) is 0 Å². The molecule has 1 rings (SSSR count). The summed E-state index contributed by atoms with van der Waals surface area (Å²) in [5.74, 6) is 0. The van der Waals surface area contributed by atoms with E-state index in [-0.39, 0.29) is 0 Å². The highest BCUT2D eigenvalue weighted by molar-refractivity contribution is 4.96. The number of rotatable bonds is 4. The Balaban J connectivity index is 2.38. The molecular weight excluding hydrogens is 150 g/mol. The van der Waals surface area contributed by atoms with Crippen molar-refractivity contribution in [3.05, 3.63) is 18.2 Å². The van der Waals surface area contributed by atoms with Crippen LogP contribution in [0.15, 0.2) is 12.5 Å². The molecule has 1 heterocycles. The van der Waals surface area contributed by atoms with E-state index in [0.717, 1.165) is 13.0 Å². The van der Waals surface area contributed by atoms with Gasteiger partial charge in [-0.3, -0.25) is 0 Å². The lowest BCUT2D eigenvalue weighted by molar-refractivity contribution is 0.522. The smallest absolute Gasteiger partial charge is 0.0945 e. The minimum atomic E-state index is 0.583. The lowest BCUT2D eigenvalue weighted by Crippen LogP contribution is -2.25. The van der Waals surface area contributed by atoms with Crippen LogP contribution in [0.2, 0.25) is 0 Å². The topological polar surface area (TPSA) is 29.9 Å². The highest BCUT2D eigenvalue weighted by Crippen LogP contribution is 1.97. The van der Waals surface area contributed by atoms with Crippen molar-refractivity contribution in [3.8, 4) is 0 Å². The van der Waals surface area contributed by atoms with Crippen molar-refractivity contribution in [2.45, 2.75) is 32.9 Å². The van der Waals surface area contributed by atoms with Crippen LogP contribution in [0.3, 0.4) is 0 Å². The zero-order chi connectivity index (χ0) is 8.97. The van der Waals surface area contributed by atoms with Gasteiger partial charge in [0, 0.05) is 25.8 Å². The number of nitrogens with one attached hydrogen (secondary N) is 1. The third-order valence-corrected chi connectivity index (χ3v) is 2.16. The first-order valence-corrected chi connectivity index (χ1v) is 4.42. The molecule has 1 N–H and O–H groups in total. The van der Waals surface area contributed by atoms with E-state index in [1.165, 1.54) is 5.69 Å². The average molecular weight is 167 g/mol. The van der Waals surface area contributed by atoms with Gasteiger partial charge in [-0.25, -0.2) is 4.98 Å². The van der Waals surface area contributed by atoms with E-state index < -0.39 is 0 Å². The second-order valence-corrected chi connectivity index (χ2v) is 3.19. The Morgan fingerprint density at radius 3 is 2.92 bits per heavy atom. The highest BCUT2D eigenvalue weighted by Gasteiger charge is 2.00. The summed E-state index contributed by atoms with van der Waals surface area (Å²) in [6.45, 7) is 5.28. The number of imidazole rings is 1.